The van der Waals surface area contributed by atoms with Gasteiger partial charge in [-0.2, -0.15) is 0 Å². The summed E-state index contributed by atoms with van der Waals surface area (Å²) in [6.07, 6.45) is 1.70. The standard InChI is InChI=1S/C16H23BN2O4/c1-15(2)16(3,4)23-17(22-15)11(9-18)7-10-5-6-12(19)8-13(10)14(20)21/h5-8H,9,18-19H2,1-4H3,(H,20,21). The van der Waals surface area contributed by atoms with Gasteiger partial charge in [-0.3, -0.25) is 0 Å². The number of carbonyl (C=O) groups is 1. The van der Waals surface area contributed by atoms with E-state index < -0.39 is 24.3 Å². The highest BCUT2D eigenvalue weighted by atomic mass is 16.7. The first kappa shape index (κ1) is 17.5. The average Bonchev–Trinajstić information content (AvgIpc) is 2.65. The molecule has 0 aromatic heterocycles. The molecule has 0 atom stereocenters. The van der Waals surface area contributed by atoms with Gasteiger partial charge in [0, 0.05) is 12.2 Å². The van der Waals surface area contributed by atoms with Crippen LogP contribution in [0.15, 0.2) is 23.7 Å². The molecule has 1 aliphatic heterocycles. The number of aromatic carboxylic acids is 1. The highest BCUT2D eigenvalue weighted by Gasteiger charge is 2.52. The van der Waals surface area contributed by atoms with Gasteiger partial charge in [0.1, 0.15) is 0 Å². The summed E-state index contributed by atoms with van der Waals surface area (Å²) in [7, 11) is -0.607. The molecule has 7 heteroatoms. The summed E-state index contributed by atoms with van der Waals surface area (Å²) in [5, 5.41) is 9.33. The van der Waals surface area contributed by atoms with Crippen molar-refractivity contribution in [1.29, 1.82) is 0 Å². The largest absolute Gasteiger partial charge is 0.491 e. The van der Waals surface area contributed by atoms with Crippen LogP contribution in [0.5, 0.6) is 0 Å². The van der Waals surface area contributed by atoms with Crippen LogP contribution in [0.3, 0.4) is 0 Å². The van der Waals surface area contributed by atoms with Crippen molar-refractivity contribution in [2.45, 2.75) is 38.9 Å². The molecule has 2 rings (SSSR count). The zero-order valence-corrected chi connectivity index (χ0v) is 13.9. The van der Waals surface area contributed by atoms with Gasteiger partial charge < -0.3 is 25.9 Å². The van der Waals surface area contributed by atoms with Gasteiger partial charge in [-0.25, -0.2) is 4.79 Å². The van der Waals surface area contributed by atoms with Crippen LogP contribution >= 0.6 is 0 Å². The fourth-order valence-corrected chi connectivity index (χ4v) is 2.30. The van der Waals surface area contributed by atoms with Crippen molar-refractivity contribution in [3.05, 3.63) is 34.8 Å². The van der Waals surface area contributed by atoms with Crippen molar-refractivity contribution < 1.29 is 19.2 Å². The third-order valence-electron chi connectivity index (χ3n) is 4.44. The fraction of sp³-hybridized carbons (Fsp3) is 0.438. The third kappa shape index (κ3) is 3.42. The molecule has 124 valence electrons. The number of carboxylic acid groups (broad SMARTS) is 1. The number of anilines is 1. The molecule has 1 heterocycles. The number of nitrogens with two attached hydrogens (primary N) is 2. The first-order chi connectivity index (χ1) is 10.6. The van der Waals surface area contributed by atoms with Crippen LogP contribution in [-0.4, -0.2) is 35.9 Å². The second-order valence-corrected chi connectivity index (χ2v) is 6.66. The number of hydrogen-bond acceptors (Lipinski definition) is 5. The normalized spacial score (nSPS) is 19.9. The second-order valence-electron chi connectivity index (χ2n) is 6.66. The Labute approximate surface area is 136 Å². The lowest BCUT2D eigenvalue weighted by Crippen LogP contribution is -2.41. The predicted molar refractivity (Wildman–Crippen MR) is 90.9 cm³/mol. The van der Waals surface area contributed by atoms with Gasteiger partial charge in [-0.15, -0.1) is 0 Å². The summed E-state index contributed by atoms with van der Waals surface area (Å²) in [5.41, 5.74) is 12.2. The van der Waals surface area contributed by atoms with Gasteiger partial charge in [0.15, 0.2) is 0 Å². The van der Waals surface area contributed by atoms with Crippen LogP contribution in [0, 0.1) is 0 Å². The van der Waals surface area contributed by atoms with Gasteiger partial charge in [0.2, 0.25) is 0 Å². The maximum atomic E-state index is 11.4. The van der Waals surface area contributed by atoms with Crippen LogP contribution in [0.2, 0.25) is 0 Å². The molecule has 1 fully saturated rings. The second kappa shape index (κ2) is 6.00. The highest BCUT2D eigenvalue weighted by Crippen LogP contribution is 2.38. The van der Waals surface area contributed by atoms with Crippen molar-refractivity contribution in [3.8, 4) is 0 Å². The lowest BCUT2D eigenvalue weighted by Gasteiger charge is -2.32. The summed E-state index contributed by atoms with van der Waals surface area (Å²) in [6, 6.07) is 4.73. The van der Waals surface area contributed by atoms with Crippen LogP contribution in [0.4, 0.5) is 5.69 Å². The number of hydrogen-bond donors (Lipinski definition) is 3. The van der Waals surface area contributed by atoms with Gasteiger partial charge in [0.25, 0.3) is 0 Å². The highest BCUT2D eigenvalue weighted by molar-refractivity contribution is 6.56. The predicted octanol–water partition coefficient (Wildman–Crippen LogP) is 1.94. The minimum atomic E-state index is -1.05. The number of rotatable bonds is 4. The Hall–Kier alpha value is -1.83. The molecule has 23 heavy (non-hydrogen) atoms. The van der Waals surface area contributed by atoms with Crippen molar-refractivity contribution in [3.63, 3.8) is 0 Å². The van der Waals surface area contributed by atoms with Crippen molar-refractivity contribution in [1.82, 2.24) is 0 Å². The monoisotopic (exact) mass is 318 g/mol. The molecule has 0 spiro atoms. The van der Waals surface area contributed by atoms with Crippen LogP contribution in [-0.2, 0) is 9.31 Å². The number of benzene rings is 1. The molecule has 0 unspecified atom stereocenters. The Bertz CT molecular complexity index is 639. The van der Waals surface area contributed by atoms with Gasteiger partial charge >= 0.3 is 13.1 Å². The van der Waals surface area contributed by atoms with Crippen molar-refractivity contribution in [2.24, 2.45) is 5.73 Å². The Morgan fingerprint density at radius 2 is 1.83 bits per heavy atom. The minimum Gasteiger partial charge on any atom is -0.478 e. The van der Waals surface area contributed by atoms with E-state index in [0.29, 0.717) is 16.7 Å². The first-order valence-corrected chi connectivity index (χ1v) is 7.46. The number of carboxylic acids is 1. The molecule has 0 bridgehead atoms. The SMILES string of the molecule is CC1(C)OB(C(=Cc2ccc(N)cc2C(=O)O)CN)OC1(C)C. The van der Waals surface area contributed by atoms with E-state index in [0.717, 1.165) is 0 Å². The molecule has 0 radical (unpaired) electrons. The van der Waals surface area contributed by atoms with Gasteiger partial charge in [-0.1, -0.05) is 12.1 Å². The van der Waals surface area contributed by atoms with Crippen LogP contribution < -0.4 is 11.5 Å². The van der Waals surface area contributed by atoms with E-state index in [4.69, 9.17) is 20.8 Å². The Morgan fingerprint density at radius 1 is 1.26 bits per heavy atom. The summed E-state index contributed by atoms with van der Waals surface area (Å²) in [4.78, 5) is 11.4. The van der Waals surface area contributed by atoms with Crippen molar-refractivity contribution >= 4 is 24.9 Å². The molecule has 0 amide bonds. The summed E-state index contributed by atoms with van der Waals surface area (Å²) >= 11 is 0. The zero-order valence-electron chi connectivity index (χ0n) is 13.9. The van der Waals surface area contributed by atoms with E-state index >= 15 is 0 Å². The van der Waals surface area contributed by atoms with E-state index in [2.05, 4.69) is 0 Å². The average molecular weight is 318 g/mol. The summed E-state index contributed by atoms with van der Waals surface area (Å²) in [6.45, 7) is 8.00. The molecule has 1 aromatic carbocycles. The van der Waals surface area contributed by atoms with E-state index in [1.807, 2.05) is 27.7 Å². The summed E-state index contributed by atoms with van der Waals surface area (Å²) < 4.78 is 11.9. The molecular formula is C16H23BN2O4. The van der Waals surface area contributed by atoms with Crippen LogP contribution in [0.25, 0.3) is 6.08 Å². The van der Waals surface area contributed by atoms with Gasteiger partial charge in [-0.05, 0) is 50.9 Å². The van der Waals surface area contributed by atoms with E-state index in [-0.39, 0.29) is 12.1 Å². The van der Waals surface area contributed by atoms with Crippen LogP contribution in [0.1, 0.15) is 43.6 Å². The molecule has 1 aromatic rings. The van der Waals surface area contributed by atoms with E-state index in [1.165, 1.54) is 6.07 Å². The molecule has 1 aliphatic rings. The Kier molecular flexibility index (Phi) is 4.57. The third-order valence-corrected chi connectivity index (χ3v) is 4.44. The zero-order chi connectivity index (χ0) is 17.4. The maximum absolute atomic E-state index is 11.4. The molecule has 0 aliphatic carbocycles. The molecular weight excluding hydrogens is 295 g/mol. The molecule has 0 saturated carbocycles. The smallest absolute Gasteiger partial charge is 0.478 e. The Morgan fingerprint density at radius 3 is 2.30 bits per heavy atom. The van der Waals surface area contributed by atoms with E-state index in [1.54, 1.807) is 18.2 Å². The lowest BCUT2D eigenvalue weighted by molar-refractivity contribution is 0.00578. The quantitative estimate of drug-likeness (QED) is 0.578. The molecule has 5 N–H and O–H groups in total. The van der Waals surface area contributed by atoms with Gasteiger partial charge in [0.05, 0.1) is 16.8 Å². The number of nitrogen functional groups attached to an aromatic ring is 1. The van der Waals surface area contributed by atoms with Crippen molar-refractivity contribution in [2.75, 3.05) is 12.3 Å². The fourth-order valence-electron chi connectivity index (χ4n) is 2.30. The maximum Gasteiger partial charge on any atom is 0.491 e. The lowest BCUT2D eigenvalue weighted by atomic mass is 9.77. The summed E-state index contributed by atoms with van der Waals surface area (Å²) in [5.74, 6) is -1.05. The topological polar surface area (TPSA) is 108 Å². The first-order valence-electron chi connectivity index (χ1n) is 7.46. The van der Waals surface area contributed by atoms with E-state index in [9.17, 15) is 9.90 Å². The molecule has 1 saturated heterocycles. The Balaban J connectivity index is 2.40. The minimum absolute atomic E-state index is 0.118. The molecule has 6 nitrogen and oxygen atoms in total.